The number of hydrogen-bond donors (Lipinski definition) is 3. The second-order valence-electron chi connectivity index (χ2n) is 13.7. The molecule has 1 aromatic heterocycles. The van der Waals surface area contributed by atoms with Gasteiger partial charge in [0.05, 0.1) is 20.4 Å². The van der Waals surface area contributed by atoms with Crippen LogP contribution in [0, 0.1) is 32.6 Å². The Hall–Kier alpha value is -4.55. The molecule has 7 rings (SSSR count). The van der Waals surface area contributed by atoms with Crippen molar-refractivity contribution in [1.29, 1.82) is 0 Å². The van der Waals surface area contributed by atoms with E-state index in [1.54, 1.807) is 36.4 Å². The van der Waals surface area contributed by atoms with Crippen LogP contribution in [0.1, 0.15) is 30.0 Å². The first-order valence-electron chi connectivity index (χ1n) is 17.8. The van der Waals surface area contributed by atoms with Gasteiger partial charge in [-0.1, -0.05) is 90.3 Å². The van der Waals surface area contributed by atoms with Gasteiger partial charge in [-0.2, -0.15) is 25.3 Å². The van der Waals surface area contributed by atoms with Gasteiger partial charge < -0.3 is 9.80 Å². The number of hydrogen-bond acceptors (Lipinski definition) is 10. The SMILES string of the molecule is CCCN1CC2CN(c3ccc(-c4ccccc4)nn3)CC2C1.Cc1ccc(S(=O)(=O)O)cc1.Cc1ccc(S(=O)(=O)O)cc1.Cc1ccc(S(=O)(=O)O)cc1. The highest BCUT2D eigenvalue weighted by molar-refractivity contribution is 7.86. The Morgan fingerprint density at radius 3 is 1.25 bits per heavy atom. The second kappa shape index (κ2) is 19.5. The quantitative estimate of drug-likeness (QED) is 0.148. The Kier molecular flexibility index (Phi) is 15.4. The molecule has 5 aromatic rings. The molecule has 2 fully saturated rings. The van der Waals surface area contributed by atoms with E-state index in [1.165, 1.54) is 62.5 Å². The fourth-order valence-electron chi connectivity index (χ4n) is 6.16. The summed E-state index contributed by atoms with van der Waals surface area (Å²) < 4.78 is 88.7. The van der Waals surface area contributed by atoms with Crippen molar-refractivity contribution in [2.75, 3.05) is 37.6 Å². The largest absolute Gasteiger partial charge is 0.354 e. The van der Waals surface area contributed by atoms with Crippen molar-refractivity contribution < 1.29 is 38.9 Å². The molecule has 3 N–H and O–H groups in total. The van der Waals surface area contributed by atoms with Crippen LogP contribution < -0.4 is 4.90 Å². The topological polar surface area (TPSA) is 195 Å². The maximum Gasteiger partial charge on any atom is 0.294 e. The molecule has 2 atom stereocenters. The number of aryl methyl sites for hydroxylation is 3. The zero-order valence-corrected chi connectivity index (χ0v) is 34.1. The lowest BCUT2D eigenvalue weighted by Gasteiger charge is -2.21. The summed E-state index contributed by atoms with van der Waals surface area (Å²) in [6.07, 6.45) is 1.26. The first-order valence-corrected chi connectivity index (χ1v) is 22.1. The van der Waals surface area contributed by atoms with E-state index in [2.05, 4.69) is 51.2 Å². The number of anilines is 1. The Bertz CT molecular complexity index is 2140. The average molecular weight is 825 g/mol. The second-order valence-corrected chi connectivity index (χ2v) is 18.0. The molecule has 0 amide bonds. The molecule has 56 heavy (non-hydrogen) atoms. The van der Waals surface area contributed by atoms with Gasteiger partial charge in [0, 0.05) is 31.7 Å². The van der Waals surface area contributed by atoms with E-state index in [-0.39, 0.29) is 14.7 Å². The molecular weight excluding hydrogens is 777 g/mol. The number of rotatable bonds is 7. The lowest BCUT2D eigenvalue weighted by molar-refractivity contribution is 0.317. The van der Waals surface area contributed by atoms with E-state index < -0.39 is 30.4 Å². The van der Waals surface area contributed by atoms with Crippen molar-refractivity contribution in [2.45, 2.75) is 48.8 Å². The zero-order valence-electron chi connectivity index (χ0n) is 31.7. The van der Waals surface area contributed by atoms with Crippen molar-refractivity contribution >= 4 is 36.2 Å². The van der Waals surface area contributed by atoms with Gasteiger partial charge >= 0.3 is 0 Å². The third kappa shape index (κ3) is 13.6. The van der Waals surface area contributed by atoms with Crippen LogP contribution in [0.25, 0.3) is 11.3 Å². The molecule has 13 nitrogen and oxygen atoms in total. The first kappa shape index (κ1) is 44.2. The molecule has 0 saturated carbocycles. The van der Waals surface area contributed by atoms with Crippen LogP contribution in [0.5, 0.6) is 0 Å². The fourth-order valence-corrected chi connectivity index (χ4v) is 7.60. The molecule has 3 heterocycles. The van der Waals surface area contributed by atoms with Crippen molar-refractivity contribution in [3.63, 3.8) is 0 Å². The third-order valence-corrected chi connectivity index (χ3v) is 11.7. The molecule has 2 aliphatic rings. The van der Waals surface area contributed by atoms with Crippen LogP contribution in [-0.2, 0) is 30.4 Å². The molecule has 2 saturated heterocycles. The number of nitrogens with zero attached hydrogens (tertiary/aromatic N) is 4. The van der Waals surface area contributed by atoms with E-state index in [9.17, 15) is 25.3 Å². The van der Waals surface area contributed by atoms with Gasteiger partial charge in [0.1, 0.15) is 0 Å². The van der Waals surface area contributed by atoms with Crippen molar-refractivity contribution in [3.05, 3.63) is 132 Å². The van der Waals surface area contributed by atoms with E-state index in [4.69, 9.17) is 13.7 Å². The lowest BCUT2D eigenvalue weighted by atomic mass is 10.0. The minimum absolute atomic E-state index is 0.0666. The highest BCUT2D eigenvalue weighted by Gasteiger charge is 2.40. The van der Waals surface area contributed by atoms with Crippen LogP contribution in [0.2, 0.25) is 0 Å². The molecule has 300 valence electrons. The Morgan fingerprint density at radius 2 is 0.929 bits per heavy atom. The van der Waals surface area contributed by atoms with Crippen LogP contribution in [-0.4, -0.2) is 86.7 Å². The molecule has 2 unspecified atom stereocenters. The van der Waals surface area contributed by atoms with Crippen LogP contribution in [0.15, 0.2) is 130 Å². The summed E-state index contributed by atoms with van der Waals surface area (Å²) in [6, 6.07) is 32.4. The Morgan fingerprint density at radius 1 is 0.536 bits per heavy atom. The minimum atomic E-state index is -4.02. The highest BCUT2D eigenvalue weighted by atomic mass is 32.2. The van der Waals surface area contributed by atoms with Crippen molar-refractivity contribution in [2.24, 2.45) is 11.8 Å². The first-order chi connectivity index (χ1) is 26.3. The summed E-state index contributed by atoms with van der Waals surface area (Å²) in [4.78, 5) is 4.84. The summed E-state index contributed by atoms with van der Waals surface area (Å²) >= 11 is 0. The Balaban J connectivity index is 0.000000180. The Labute approximate surface area is 330 Å². The maximum atomic E-state index is 10.5. The minimum Gasteiger partial charge on any atom is -0.354 e. The summed E-state index contributed by atoms with van der Waals surface area (Å²) in [5.41, 5.74) is 4.94. The predicted molar refractivity (Wildman–Crippen MR) is 216 cm³/mol. The standard InChI is InChI=1S/C19H24N4.3C7H8O3S/c1-2-10-22-11-16-13-23(14-17(16)12-22)19-9-8-18(20-21-19)15-6-4-3-5-7-15;3*1-6-2-4-7(5-3-6)11(8,9)10/h3-9,16-17H,2,10-14H2,1H3;3*2-5H,1H3,(H,8,9,10). The molecule has 0 radical (unpaired) electrons. The molecule has 0 spiro atoms. The molecular formula is C40H48N4O9S3. The van der Waals surface area contributed by atoms with Gasteiger partial charge in [-0.05, 0) is 94.1 Å². The molecule has 16 heteroatoms. The summed E-state index contributed by atoms with van der Waals surface area (Å²) in [7, 11) is -12.1. The summed E-state index contributed by atoms with van der Waals surface area (Å²) in [5, 5.41) is 8.91. The van der Waals surface area contributed by atoms with E-state index in [0.717, 1.165) is 58.7 Å². The van der Waals surface area contributed by atoms with Gasteiger partial charge in [0.2, 0.25) is 0 Å². The molecule has 0 aliphatic carbocycles. The van der Waals surface area contributed by atoms with Gasteiger partial charge in [-0.15, -0.1) is 10.2 Å². The third-order valence-electron chi connectivity index (χ3n) is 9.10. The number of benzene rings is 4. The van der Waals surface area contributed by atoms with E-state index >= 15 is 0 Å². The van der Waals surface area contributed by atoms with Crippen LogP contribution in [0.3, 0.4) is 0 Å². The molecule has 0 bridgehead atoms. The fraction of sp³-hybridized carbons (Fsp3) is 0.300. The van der Waals surface area contributed by atoms with Gasteiger partial charge in [0.15, 0.2) is 5.82 Å². The lowest BCUT2D eigenvalue weighted by Crippen LogP contribution is -2.29. The number of likely N-dealkylation sites (tertiary alicyclic amines) is 1. The average Bonchev–Trinajstić information content (AvgIpc) is 3.72. The number of fused-ring (bicyclic) bond motifs is 1. The molecule has 2 aliphatic heterocycles. The summed E-state index contributed by atoms with van der Waals surface area (Å²) in [6.45, 7) is 13.8. The van der Waals surface area contributed by atoms with Crippen LogP contribution >= 0.6 is 0 Å². The van der Waals surface area contributed by atoms with Gasteiger partial charge in [-0.3, -0.25) is 13.7 Å². The number of aromatic nitrogens is 2. The van der Waals surface area contributed by atoms with Gasteiger partial charge in [-0.25, -0.2) is 0 Å². The van der Waals surface area contributed by atoms with Crippen molar-refractivity contribution in [1.82, 2.24) is 15.1 Å². The predicted octanol–water partition coefficient (Wildman–Crippen LogP) is 6.65. The monoisotopic (exact) mass is 824 g/mol. The van der Waals surface area contributed by atoms with E-state index in [1.807, 2.05) is 39.0 Å². The van der Waals surface area contributed by atoms with Crippen molar-refractivity contribution in [3.8, 4) is 11.3 Å². The normalized spacial score (nSPS) is 16.7. The zero-order chi connectivity index (χ0) is 41.1. The summed E-state index contributed by atoms with van der Waals surface area (Å²) in [5.74, 6) is 2.63. The maximum absolute atomic E-state index is 10.5. The molecule has 4 aromatic carbocycles. The van der Waals surface area contributed by atoms with E-state index in [0.29, 0.717) is 0 Å². The van der Waals surface area contributed by atoms with Gasteiger partial charge in [0.25, 0.3) is 30.4 Å². The highest BCUT2D eigenvalue weighted by Crippen LogP contribution is 2.33. The smallest absolute Gasteiger partial charge is 0.294 e. The van der Waals surface area contributed by atoms with Crippen LogP contribution in [0.4, 0.5) is 5.82 Å².